The van der Waals surface area contributed by atoms with Crippen LogP contribution in [0.5, 0.6) is 0 Å². The minimum absolute atomic E-state index is 0.131. The van der Waals surface area contributed by atoms with Gasteiger partial charge in [-0.25, -0.2) is 0 Å². The van der Waals surface area contributed by atoms with Gasteiger partial charge in [-0.3, -0.25) is 9.20 Å². The van der Waals surface area contributed by atoms with Gasteiger partial charge in [0.1, 0.15) is 5.76 Å². The van der Waals surface area contributed by atoms with E-state index in [-0.39, 0.29) is 11.2 Å². The summed E-state index contributed by atoms with van der Waals surface area (Å²) in [7, 11) is 0. The predicted molar refractivity (Wildman–Crippen MR) is 82.8 cm³/mol. The van der Waals surface area contributed by atoms with Crippen molar-refractivity contribution in [3.63, 3.8) is 0 Å². The van der Waals surface area contributed by atoms with Crippen molar-refractivity contribution in [2.45, 2.75) is 30.7 Å². The predicted octanol–water partition coefficient (Wildman–Crippen LogP) is 2.54. The summed E-state index contributed by atoms with van der Waals surface area (Å²) < 4.78 is 6.81. The van der Waals surface area contributed by atoms with E-state index < -0.39 is 0 Å². The Morgan fingerprint density at radius 3 is 3.05 bits per heavy atom. The number of fused-ring (bicyclic) bond motifs is 1. The van der Waals surface area contributed by atoms with E-state index in [1.165, 1.54) is 11.8 Å². The van der Waals surface area contributed by atoms with E-state index in [2.05, 4.69) is 20.7 Å². The second kappa shape index (κ2) is 6.18. The molecule has 114 valence electrons. The molecule has 0 bridgehead atoms. The van der Waals surface area contributed by atoms with Crippen molar-refractivity contribution >= 4 is 29.1 Å². The normalized spacial score (nSPS) is 12.5. The summed E-state index contributed by atoms with van der Waals surface area (Å²) in [5.41, 5.74) is 0.757. The van der Waals surface area contributed by atoms with Crippen LogP contribution in [-0.2, 0) is 4.79 Å². The standard InChI is InChI=1S/C14H15N5O2S/c1-3-10(13(20)15-11-8-9(2)21-18-11)22-14-17-16-12-6-4-5-7-19(12)14/h4-8,10H,3H2,1-2H3,(H,15,18,20). The average Bonchev–Trinajstić information content (AvgIpc) is 3.11. The van der Waals surface area contributed by atoms with Gasteiger partial charge < -0.3 is 9.84 Å². The lowest BCUT2D eigenvalue weighted by Gasteiger charge is -2.11. The van der Waals surface area contributed by atoms with Gasteiger partial charge in [0.25, 0.3) is 0 Å². The van der Waals surface area contributed by atoms with Crippen molar-refractivity contribution in [1.82, 2.24) is 19.8 Å². The summed E-state index contributed by atoms with van der Waals surface area (Å²) in [6, 6.07) is 7.35. The first kappa shape index (κ1) is 14.6. The molecular formula is C14H15N5O2S. The zero-order valence-corrected chi connectivity index (χ0v) is 13.0. The molecule has 3 aromatic rings. The fourth-order valence-corrected chi connectivity index (χ4v) is 2.92. The van der Waals surface area contributed by atoms with Gasteiger partial charge in [-0.05, 0) is 25.5 Å². The highest BCUT2D eigenvalue weighted by Gasteiger charge is 2.21. The van der Waals surface area contributed by atoms with Crippen LogP contribution in [0, 0.1) is 6.92 Å². The van der Waals surface area contributed by atoms with E-state index in [9.17, 15) is 4.79 Å². The molecule has 1 atom stereocenters. The second-order valence-corrected chi connectivity index (χ2v) is 5.91. The van der Waals surface area contributed by atoms with Gasteiger partial charge in [0, 0.05) is 12.3 Å². The molecular weight excluding hydrogens is 302 g/mol. The summed E-state index contributed by atoms with van der Waals surface area (Å²) >= 11 is 1.38. The lowest BCUT2D eigenvalue weighted by molar-refractivity contribution is -0.115. The molecule has 0 aliphatic rings. The third-order valence-corrected chi connectivity index (χ3v) is 4.39. The number of carbonyl (C=O) groups excluding carboxylic acids is 1. The van der Waals surface area contributed by atoms with Crippen LogP contribution in [0.1, 0.15) is 19.1 Å². The number of hydrogen-bond donors (Lipinski definition) is 1. The van der Waals surface area contributed by atoms with Crippen molar-refractivity contribution in [2.75, 3.05) is 5.32 Å². The van der Waals surface area contributed by atoms with Crippen LogP contribution in [0.4, 0.5) is 5.82 Å². The molecule has 3 aromatic heterocycles. The summed E-state index contributed by atoms with van der Waals surface area (Å²) in [4.78, 5) is 12.3. The molecule has 3 heterocycles. The molecule has 0 saturated carbocycles. The van der Waals surface area contributed by atoms with Crippen LogP contribution in [0.2, 0.25) is 0 Å². The second-order valence-electron chi connectivity index (χ2n) is 4.74. The summed E-state index contributed by atoms with van der Waals surface area (Å²) in [6.07, 6.45) is 2.54. The number of anilines is 1. The third-order valence-electron chi connectivity index (χ3n) is 3.07. The Morgan fingerprint density at radius 1 is 1.45 bits per heavy atom. The van der Waals surface area contributed by atoms with Crippen LogP contribution >= 0.6 is 11.8 Å². The lowest BCUT2D eigenvalue weighted by atomic mass is 10.3. The Bertz CT molecular complexity index is 797. The quantitative estimate of drug-likeness (QED) is 0.728. The smallest absolute Gasteiger partial charge is 0.239 e. The number of nitrogens with one attached hydrogen (secondary N) is 1. The van der Waals surface area contributed by atoms with Crippen molar-refractivity contribution in [2.24, 2.45) is 0 Å². The van der Waals surface area contributed by atoms with Crippen LogP contribution in [-0.4, -0.2) is 30.9 Å². The van der Waals surface area contributed by atoms with Gasteiger partial charge in [-0.15, -0.1) is 10.2 Å². The van der Waals surface area contributed by atoms with Crippen molar-refractivity contribution in [3.8, 4) is 0 Å². The number of amides is 1. The molecule has 1 N–H and O–H groups in total. The molecule has 7 nitrogen and oxygen atoms in total. The first-order chi connectivity index (χ1) is 10.7. The van der Waals surface area contributed by atoms with Crippen LogP contribution < -0.4 is 5.32 Å². The molecule has 0 radical (unpaired) electrons. The number of hydrogen-bond acceptors (Lipinski definition) is 6. The highest BCUT2D eigenvalue weighted by atomic mass is 32.2. The van der Waals surface area contributed by atoms with Crippen LogP contribution in [0.25, 0.3) is 5.65 Å². The topological polar surface area (TPSA) is 85.3 Å². The van der Waals surface area contributed by atoms with Gasteiger partial charge in [0.05, 0.1) is 5.25 Å². The van der Waals surface area contributed by atoms with E-state index in [4.69, 9.17) is 4.52 Å². The van der Waals surface area contributed by atoms with Crippen LogP contribution in [0.15, 0.2) is 40.1 Å². The fourth-order valence-electron chi connectivity index (χ4n) is 1.98. The van der Waals surface area contributed by atoms with Gasteiger partial charge in [-0.2, -0.15) is 0 Å². The number of pyridine rings is 1. The fraction of sp³-hybridized carbons (Fsp3) is 0.286. The highest BCUT2D eigenvalue weighted by molar-refractivity contribution is 8.00. The number of rotatable bonds is 5. The largest absolute Gasteiger partial charge is 0.360 e. The highest BCUT2D eigenvalue weighted by Crippen LogP contribution is 2.25. The molecule has 0 saturated heterocycles. The van der Waals surface area contributed by atoms with Gasteiger partial charge in [0.15, 0.2) is 16.6 Å². The molecule has 0 spiro atoms. The molecule has 22 heavy (non-hydrogen) atoms. The Hall–Kier alpha value is -2.35. The zero-order valence-electron chi connectivity index (χ0n) is 12.2. The Balaban J connectivity index is 1.75. The SMILES string of the molecule is CCC(Sc1nnc2ccccn12)C(=O)Nc1cc(C)on1. The molecule has 1 unspecified atom stereocenters. The van der Waals surface area contributed by atoms with E-state index in [1.54, 1.807) is 13.0 Å². The maximum atomic E-state index is 12.3. The number of nitrogens with zero attached hydrogens (tertiary/aromatic N) is 4. The van der Waals surface area contributed by atoms with Crippen LogP contribution in [0.3, 0.4) is 0 Å². The molecule has 1 amide bonds. The number of aromatic nitrogens is 4. The summed E-state index contributed by atoms with van der Waals surface area (Å²) in [6.45, 7) is 3.73. The summed E-state index contributed by atoms with van der Waals surface area (Å²) in [5.74, 6) is 0.945. The van der Waals surface area contributed by atoms with E-state index in [0.29, 0.717) is 23.2 Å². The number of carbonyl (C=O) groups is 1. The minimum Gasteiger partial charge on any atom is -0.360 e. The lowest BCUT2D eigenvalue weighted by Crippen LogP contribution is -2.25. The van der Waals surface area contributed by atoms with Gasteiger partial charge in [-0.1, -0.05) is 29.9 Å². The van der Waals surface area contributed by atoms with Crippen molar-refractivity contribution < 1.29 is 9.32 Å². The van der Waals surface area contributed by atoms with Crippen molar-refractivity contribution in [1.29, 1.82) is 0 Å². The molecule has 0 aliphatic carbocycles. The Kier molecular flexibility index (Phi) is 4.10. The third kappa shape index (κ3) is 2.96. The molecule has 0 fully saturated rings. The minimum atomic E-state index is -0.287. The van der Waals surface area contributed by atoms with Crippen molar-refractivity contribution in [3.05, 3.63) is 36.2 Å². The maximum absolute atomic E-state index is 12.3. The first-order valence-corrected chi connectivity index (χ1v) is 7.76. The Morgan fingerprint density at radius 2 is 2.32 bits per heavy atom. The first-order valence-electron chi connectivity index (χ1n) is 6.88. The molecule has 0 aliphatic heterocycles. The maximum Gasteiger partial charge on any atom is 0.239 e. The zero-order chi connectivity index (χ0) is 15.5. The average molecular weight is 317 g/mol. The monoisotopic (exact) mass is 317 g/mol. The molecule has 3 rings (SSSR count). The summed E-state index contributed by atoms with van der Waals surface area (Å²) in [5, 5.41) is 15.1. The number of aryl methyl sites for hydroxylation is 1. The molecule has 0 aromatic carbocycles. The van der Waals surface area contributed by atoms with E-state index in [0.717, 1.165) is 5.65 Å². The Labute approximate surface area is 131 Å². The molecule has 8 heteroatoms. The van der Waals surface area contributed by atoms with E-state index in [1.807, 2.05) is 35.7 Å². The number of thioether (sulfide) groups is 1. The van der Waals surface area contributed by atoms with Gasteiger partial charge in [0.2, 0.25) is 5.91 Å². The van der Waals surface area contributed by atoms with E-state index >= 15 is 0 Å². The van der Waals surface area contributed by atoms with Gasteiger partial charge >= 0.3 is 0 Å².